The molecule has 0 radical (unpaired) electrons. The number of aliphatic imine (C=N–C) groups is 1. The molecule has 0 heterocycles. The lowest BCUT2D eigenvalue weighted by molar-refractivity contribution is -0.137. The predicted molar refractivity (Wildman–Crippen MR) is 93.7 cm³/mol. The summed E-state index contributed by atoms with van der Waals surface area (Å²) in [6, 6.07) is 10.5. The van der Waals surface area contributed by atoms with E-state index in [2.05, 4.69) is 10.3 Å². The molecule has 0 saturated heterocycles. The molecule has 0 bridgehead atoms. The Balaban J connectivity index is 2.32. The molecule has 2 rings (SSSR count). The Kier molecular flexibility index (Phi) is 5.57. The van der Waals surface area contributed by atoms with Gasteiger partial charge in [0.25, 0.3) is 0 Å². The second-order valence-corrected chi connectivity index (χ2v) is 7.60. The number of benzene rings is 2. The van der Waals surface area contributed by atoms with E-state index in [0.29, 0.717) is 0 Å². The van der Waals surface area contributed by atoms with Gasteiger partial charge in [0.05, 0.1) is 16.1 Å². The molecule has 0 aliphatic heterocycles. The summed E-state index contributed by atoms with van der Waals surface area (Å²) in [5, 5.41) is 2.60. The summed E-state index contributed by atoms with van der Waals surface area (Å²) in [4.78, 5) is 3.76. The molecule has 10 heteroatoms. The molecule has 2 aromatic carbocycles. The van der Waals surface area contributed by atoms with Crippen molar-refractivity contribution < 1.29 is 21.6 Å². The topological polar surface area (TPSA) is 87.8 Å². The van der Waals surface area contributed by atoms with Crippen LogP contribution in [0.15, 0.2) is 58.4 Å². The molecule has 0 amide bonds. The third kappa shape index (κ3) is 4.52. The summed E-state index contributed by atoms with van der Waals surface area (Å²) in [6.07, 6.45) is -4.57. The fraction of sp³-hybridized carbons (Fsp3) is 0.188. The van der Waals surface area contributed by atoms with Crippen LogP contribution in [0.5, 0.6) is 0 Å². The zero-order valence-electron chi connectivity index (χ0n) is 13.9. The van der Waals surface area contributed by atoms with Crippen LogP contribution in [0.2, 0.25) is 0 Å². The summed E-state index contributed by atoms with van der Waals surface area (Å²) in [5.41, 5.74) is 4.69. The van der Waals surface area contributed by atoms with Gasteiger partial charge in [-0.05, 0) is 30.3 Å². The van der Waals surface area contributed by atoms with Crippen LogP contribution in [0.3, 0.4) is 0 Å². The summed E-state index contributed by atoms with van der Waals surface area (Å²) in [7, 11) is -0.880. The summed E-state index contributed by atoms with van der Waals surface area (Å²) in [5.74, 6) is -0.305. The van der Waals surface area contributed by atoms with Crippen molar-refractivity contribution in [2.45, 2.75) is 11.1 Å². The van der Waals surface area contributed by atoms with Crippen LogP contribution in [-0.2, 0) is 16.2 Å². The average molecular weight is 386 g/mol. The predicted octanol–water partition coefficient (Wildman–Crippen LogP) is 3.01. The smallest absolute Gasteiger partial charge is 0.369 e. The number of anilines is 1. The van der Waals surface area contributed by atoms with Gasteiger partial charge >= 0.3 is 6.18 Å². The van der Waals surface area contributed by atoms with Gasteiger partial charge in [0.15, 0.2) is 5.96 Å². The minimum absolute atomic E-state index is 0.0102. The molecule has 140 valence electrons. The van der Waals surface area contributed by atoms with Crippen LogP contribution in [0.1, 0.15) is 5.56 Å². The zero-order chi connectivity index (χ0) is 19.5. The highest BCUT2D eigenvalue weighted by Crippen LogP contribution is 2.36. The van der Waals surface area contributed by atoms with Crippen molar-refractivity contribution in [3.63, 3.8) is 0 Å². The minimum atomic E-state index is -4.57. The Morgan fingerprint density at radius 1 is 1.12 bits per heavy atom. The number of rotatable bonds is 4. The minimum Gasteiger partial charge on any atom is -0.369 e. The van der Waals surface area contributed by atoms with Crippen LogP contribution in [-0.4, -0.2) is 32.8 Å². The first-order valence-electron chi connectivity index (χ1n) is 7.32. The molecule has 0 aromatic heterocycles. The second-order valence-electron chi connectivity index (χ2n) is 5.45. The van der Waals surface area contributed by atoms with E-state index in [1.807, 2.05) is 0 Å². The van der Waals surface area contributed by atoms with Crippen LogP contribution in [0.25, 0.3) is 0 Å². The standard InChI is InChI=1S/C16H17F3N4O2S/c1-23(2)26(24,25)12-7-5-6-11(10-12)21-15(20)22-14-9-4-3-8-13(14)16(17,18)19/h3-10H,1-2H3,(H3,20,21,22). The van der Waals surface area contributed by atoms with Crippen molar-refractivity contribution in [1.29, 1.82) is 0 Å². The number of hydrogen-bond donors (Lipinski definition) is 2. The van der Waals surface area contributed by atoms with Gasteiger partial charge in [-0.1, -0.05) is 18.2 Å². The molecule has 0 aliphatic rings. The normalized spacial score (nSPS) is 13.1. The zero-order valence-corrected chi connectivity index (χ0v) is 14.8. The number of nitrogens with two attached hydrogens (primary N) is 1. The number of hydrogen-bond acceptors (Lipinski definition) is 3. The Bertz CT molecular complexity index is 925. The lowest BCUT2D eigenvalue weighted by Gasteiger charge is -2.13. The highest BCUT2D eigenvalue weighted by atomic mass is 32.2. The van der Waals surface area contributed by atoms with E-state index in [4.69, 9.17) is 5.73 Å². The van der Waals surface area contributed by atoms with Crippen LogP contribution < -0.4 is 11.1 Å². The van der Waals surface area contributed by atoms with Crippen molar-refractivity contribution in [1.82, 2.24) is 4.31 Å². The Hall–Kier alpha value is -2.59. The monoisotopic (exact) mass is 386 g/mol. The van der Waals surface area contributed by atoms with Gasteiger partial charge in [-0.2, -0.15) is 13.2 Å². The number of nitrogens with zero attached hydrogens (tertiary/aromatic N) is 2. The number of alkyl halides is 3. The number of para-hydroxylation sites is 1. The lowest BCUT2D eigenvalue weighted by Crippen LogP contribution is -2.24. The molecule has 0 unspecified atom stereocenters. The van der Waals surface area contributed by atoms with E-state index in [0.717, 1.165) is 10.4 Å². The summed E-state index contributed by atoms with van der Waals surface area (Å²) >= 11 is 0. The summed E-state index contributed by atoms with van der Waals surface area (Å²) < 4.78 is 64.3. The number of guanidine groups is 1. The van der Waals surface area contributed by atoms with Crippen LogP contribution in [0, 0.1) is 0 Å². The maximum Gasteiger partial charge on any atom is 0.418 e. The van der Waals surface area contributed by atoms with Gasteiger partial charge < -0.3 is 11.1 Å². The van der Waals surface area contributed by atoms with Crippen molar-refractivity contribution in [3.8, 4) is 0 Å². The van der Waals surface area contributed by atoms with Crippen molar-refractivity contribution >= 4 is 27.4 Å². The number of sulfonamides is 1. The quantitative estimate of drug-likeness (QED) is 0.625. The van der Waals surface area contributed by atoms with E-state index < -0.39 is 21.8 Å². The van der Waals surface area contributed by atoms with Gasteiger partial charge in [0.1, 0.15) is 0 Å². The first-order valence-corrected chi connectivity index (χ1v) is 8.76. The second kappa shape index (κ2) is 7.34. The highest BCUT2D eigenvalue weighted by Gasteiger charge is 2.33. The van der Waals surface area contributed by atoms with E-state index in [1.54, 1.807) is 0 Å². The molecule has 26 heavy (non-hydrogen) atoms. The molecular weight excluding hydrogens is 369 g/mol. The van der Waals surface area contributed by atoms with E-state index in [9.17, 15) is 21.6 Å². The first kappa shape index (κ1) is 19.7. The van der Waals surface area contributed by atoms with Crippen molar-refractivity contribution in [2.75, 3.05) is 19.4 Å². The Morgan fingerprint density at radius 3 is 2.38 bits per heavy atom. The molecule has 0 aliphatic carbocycles. The first-order chi connectivity index (χ1) is 12.0. The van der Waals surface area contributed by atoms with E-state index in [-0.39, 0.29) is 22.2 Å². The highest BCUT2D eigenvalue weighted by molar-refractivity contribution is 7.89. The maximum absolute atomic E-state index is 13.0. The van der Waals surface area contributed by atoms with Gasteiger partial charge in [-0.15, -0.1) is 0 Å². The SMILES string of the molecule is CN(C)S(=O)(=O)c1cccc(NC(N)=Nc2ccccc2C(F)(F)F)c1. The average Bonchev–Trinajstić information content (AvgIpc) is 2.54. The maximum atomic E-state index is 13.0. The Morgan fingerprint density at radius 2 is 1.77 bits per heavy atom. The van der Waals surface area contributed by atoms with Crippen molar-refractivity contribution in [2.24, 2.45) is 10.7 Å². The fourth-order valence-electron chi connectivity index (χ4n) is 2.06. The summed E-state index contributed by atoms with van der Waals surface area (Å²) in [6.45, 7) is 0. The van der Waals surface area contributed by atoms with Gasteiger partial charge in [0, 0.05) is 19.8 Å². The fourth-order valence-corrected chi connectivity index (χ4v) is 3.01. The molecule has 2 aromatic rings. The molecule has 0 fully saturated rings. The molecule has 0 spiro atoms. The third-order valence-corrected chi connectivity index (χ3v) is 5.15. The van der Waals surface area contributed by atoms with Gasteiger partial charge in [-0.25, -0.2) is 17.7 Å². The molecule has 3 N–H and O–H groups in total. The Labute approximate surface area is 149 Å². The van der Waals surface area contributed by atoms with Crippen LogP contribution in [0.4, 0.5) is 24.5 Å². The number of nitrogens with one attached hydrogen (secondary N) is 1. The molecule has 6 nitrogen and oxygen atoms in total. The third-order valence-electron chi connectivity index (χ3n) is 3.34. The number of halogens is 3. The van der Waals surface area contributed by atoms with Crippen molar-refractivity contribution in [3.05, 3.63) is 54.1 Å². The molecule has 0 atom stereocenters. The van der Waals surface area contributed by atoms with E-state index >= 15 is 0 Å². The lowest BCUT2D eigenvalue weighted by atomic mass is 10.2. The van der Waals surface area contributed by atoms with Gasteiger partial charge in [0.2, 0.25) is 10.0 Å². The van der Waals surface area contributed by atoms with Gasteiger partial charge in [-0.3, -0.25) is 0 Å². The molecule has 0 saturated carbocycles. The largest absolute Gasteiger partial charge is 0.418 e. The molecular formula is C16H17F3N4O2S. The van der Waals surface area contributed by atoms with Crippen LogP contribution >= 0.6 is 0 Å². The van der Waals surface area contributed by atoms with E-state index in [1.165, 1.54) is 56.6 Å².